The lowest BCUT2D eigenvalue weighted by Gasteiger charge is -2.09. The molecule has 0 aliphatic heterocycles. The first-order valence-electron chi connectivity index (χ1n) is 6.45. The van der Waals surface area contributed by atoms with Crippen molar-refractivity contribution >= 4 is 5.78 Å². The van der Waals surface area contributed by atoms with Gasteiger partial charge < -0.3 is 4.74 Å². The monoisotopic (exact) mass is 234 g/mol. The summed E-state index contributed by atoms with van der Waals surface area (Å²) in [7, 11) is 0. The summed E-state index contributed by atoms with van der Waals surface area (Å²) in [5, 5.41) is 0. The number of ether oxygens (including phenoxy) is 1. The number of rotatable bonds is 7. The molecule has 0 fully saturated rings. The first kappa shape index (κ1) is 13.8. The van der Waals surface area contributed by atoms with Crippen molar-refractivity contribution in [1.29, 1.82) is 0 Å². The maximum absolute atomic E-state index is 11.7. The van der Waals surface area contributed by atoms with E-state index in [1.165, 1.54) is 0 Å². The van der Waals surface area contributed by atoms with E-state index in [9.17, 15) is 4.79 Å². The van der Waals surface area contributed by atoms with Crippen LogP contribution in [0, 0.1) is 6.92 Å². The minimum absolute atomic E-state index is 0.218. The number of unbranched alkanes of at least 4 members (excludes halogenated alkanes) is 1. The van der Waals surface area contributed by atoms with Crippen LogP contribution in [0.1, 0.15) is 55.5 Å². The molecule has 0 amide bonds. The average molecular weight is 234 g/mol. The molecule has 0 aromatic heterocycles. The summed E-state index contributed by atoms with van der Waals surface area (Å²) in [4.78, 5) is 11.7. The Morgan fingerprint density at radius 3 is 2.59 bits per heavy atom. The second-order valence-corrected chi connectivity index (χ2v) is 4.36. The van der Waals surface area contributed by atoms with Gasteiger partial charge in [0.25, 0.3) is 0 Å². The molecule has 0 unspecified atom stereocenters. The maximum atomic E-state index is 11.7. The van der Waals surface area contributed by atoms with Crippen molar-refractivity contribution in [2.45, 2.75) is 46.5 Å². The van der Waals surface area contributed by atoms with Crippen molar-refractivity contribution in [2.75, 3.05) is 6.61 Å². The van der Waals surface area contributed by atoms with E-state index in [1.54, 1.807) is 0 Å². The summed E-state index contributed by atoms with van der Waals surface area (Å²) >= 11 is 0. The van der Waals surface area contributed by atoms with Gasteiger partial charge >= 0.3 is 0 Å². The molecule has 0 saturated heterocycles. The molecule has 2 nitrogen and oxygen atoms in total. The Labute approximate surface area is 104 Å². The quantitative estimate of drug-likeness (QED) is 0.523. The van der Waals surface area contributed by atoms with Gasteiger partial charge in [-0.15, -0.1) is 0 Å². The predicted octanol–water partition coefficient (Wildman–Crippen LogP) is 4.16. The van der Waals surface area contributed by atoms with Crippen LogP contribution in [0.4, 0.5) is 0 Å². The van der Waals surface area contributed by atoms with Gasteiger partial charge in [0, 0.05) is 12.0 Å². The molecule has 94 valence electrons. The van der Waals surface area contributed by atoms with E-state index in [0.29, 0.717) is 6.42 Å². The lowest BCUT2D eigenvalue weighted by molar-refractivity contribution is 0.0981. The standard InChI is InChI=1S/C15H22O2/c1-4-6-10-17-15-9-8-13(11-12(15)3)14(16)7-5-2/h8-9,11H,4-7,10H2,1-3H3. The molecule has 1 rings (SSSR count). The number of aryl methyl sites for hydroxylation is 1. The van der Waals surface area contributed by atoms with Gasteiger partial charge in [-0.2, -0.15) is 0 Å². The van der Waals surface area contributed by atoms with Gasteiger partial charge in [0.2, 0.25) is 0 Å². The lowest BCUT2D eigenvalue weighted by atomic mass is 10.0. The summed E-state index contributed by atoms with van der Waals surface area (Å²) in [5.74, 6) is 1.11. The Balaban J connectivity index is 2.68. The van der Waals surface area contributed by atoms with E-state index in [2.05, 4.69) is 6.92 Å². The van der Waals surface area contributed by atoms with Crippen LogP contribution in [-0.4, -0.2) is 12.4 Å². The van der Waals surface area contributed by atoms with Crippen LogP contribution < -0.4 is 4.74 Å². The SMILES string of the molecule is CCCCOc1ccc(C(=O)CCC)cc1C. The number of Topliss-reactive ketones (excluding diaryl/α,β-unsaturated/α-hetero) is 1. The normalized spacial score (nSPS) is 10.3. The van der Waals surface area contributed by atoms with E-state index in [-0.39, 0.29) is 5.78 Å². The van der Waals surface area contributed by atoms with Crippen LogP contribution in [-0.2, 0) is 0 Å². The maximum Gasteiger partial charge on any atom is 0.162 e. The Kier molecular flexibility index (Phi) is 5.75. The van der Waals surface area contributed by atoms with Gasteiger partial charge in [0.1, 0.15) is 5.75 Å². The van der Waals surface area contributed by atoms with Crippen molar-refractivity contribution in [1.82, 2.24) is 0 Å². The summed E-state index contributed by atoms with van der Waals surface area (Å²) in [6.07, 6.45) is 3.71. The number of benzene rings is 1. The zero-order valence-electron chi connectivity index (χ0n) is 11.1. The third kappa shape index (κ3) is 4.22. The molecule has 0 spiro atoms. The molecule has 1 aromatic carbocycles. The second kappa shape index (κ2) is 7.10. The molecule has 0 N–H and O–H groups in total. The molecule has 0 heterocycles. The van der Waals surface area contributed by atoms with E-state index in [0.717, 1.165) is 42.7 Å². The molecule has 0 aliphatic carbocycles. The van der Waals surface area contributed by atoms with E-state index in [4.69, 9.17) is 4.74 Å². The van der Waals surface area contributed by atoms with Crippen LogP contribution in [0.3, 0.4) is 0 Å². The van der Waals surface area contributed by atoms with Gasteiger partial charge in [-0.3, -0.25) is 4.79 Å². The molecule has 1 aromatic rings. The summed E-state index contributed by atoms with van der Waals surface area (Å²) in [6.45, 7) is 6.90. The van der Waals surface area contributed by atoms with Crippen molar-refractivity contribution in [3.05, 3.63) is 29.3 Å². The average Bonchev–Trinajstić information content (AvgIpc) is 2.31. The first-order valence-corrected chi connectivity index (χ1v) is 6.45. The van der Waals surface area contributed by atoms with Crippen molar-refractivity contribution in [3.8, 4) is 5.75 Å². The zero-order chi connectivity index (χ0) is 12.7. The number of carbonyl (C=O) groups is 1. The smallest absolute Gasteiger partial charge is 0.162 e. The lowest BCUT2D eigenvalue weighted by Crippen LogP contribution is -2.02. The second-order valence-electron chi connectivity index (χ2n) is 4.36. The Morgan fingerprint density at radius 1 is 1.24 bits per heavy atom. The van der Waals surface area contributed by atoms with Crippen LogP contribution in [0.2, 0.25) is 0 Å². The highest BCUT2D eigenvalue weighted by Crippen LogP contribution is 2.20. The van der Waals surface area contributed by atoms with Crippen LogP contribution in [0.15, 0.2) is 18.2 Å². The van der Waals surface area contributed by atoms with Crippen molar-refractivity contribution in [2.24, 2.45) is 0 Å². The topological polar surface area (TPSA) is 26.3 Å². The van der Waals surface area contributed by atoms with Gasteiger partial charge in [0.05, 0.1) is 6.61 Å². The van der Waals surface area contributed by atoms with Gasteiger partial charge in [-0.05, 0) is 43.5 Å². The third-order valence-electron chi connectivity index (χ3n) is 2.73. The highest BCUT2D eigenvalue weighted by atomic mass is 16.5. The number of ketones is 1. The molecular formula is C15H22O2. The van der Waals surface area contributed by atoms with Crippen molar-refractivity contribution in [3.63, 3.8) is 0 Å². The molecule has 17 heavy (non-hydrogen) atoms. The highest BCUT2D eigenvalue weighted by Gasteiger charge is 2.07. The van der Waals surface area contributed by atoms with Crippen LogP contribution in [0.25, 0.3) is 0 Å². The molecule has 0 saturated carbocycles. The van der Waals surface area contributed by atoms with Gasteiger partial charge in [-0.1, -0.05) is 20.3 Å². The molecule has 0 atom stereocenters. The molecule has 0 aliphatic rings. The number of hydrogen-bond donors (Lipinski definition) is 0. The first-order chi connectivity index (χ1) is 8.19. The fourth-order valence-electron chi connectivity index (χ4n) is 1.68. The Morgan fingerprint density at radius 2 is 2.00 bits per heavy atom. The molecule has 0 bridgehead atoms. The van der Waals surface area contributed by atoms with Crippen LogP contribution >= 0.6 is 0 Å². The van der Waals surface area contributed by atoms with Crippen molar-refractivity contribution < 1.29 is 9.53 Å². The van der Waals surface area contributed by atoms with Crippen LogP contribution in [0.5, 0.6) is 5.75 Å². The largest absolute Gasteiger partial charge is 0.493 e. The van der Waals surface area contributed by atoms with E-state index < -0.39 is 0 Å². The Hall–Kier alpha value is -1.31. The molecule has 2 heteroatoms. The minimum atomic E-state index is 0.218. The summed E-state index contributed by atoms with van der Waals surface area (Å²) in [5.41, 5.74) is 1.84. The van der Waals surface area contributed by atoms with Gasteiger partial charge in [0.15, 0.2) is 5.78 Å². The summed E-state index contributed by atoms with van der Waals surface area (Å²) < 4.78 is 5.66. The minimum Gasteiger partial charge on any atom is -0.493 e. The highest BCUT2D eigenvalue weighted by molar-refractivity contribution is 5.96. The third-order valence-corrected chi connectivity index (χ3v) is 2.73. The molecule has 0 radical (unpaired) electrons. The predicted molar refractivity (Wildman–Crippen MR) is 70.8 cm³/mol. The number of hydrogen-bond acceptors (Lipinski definition) is 2. The fourth-order valence-corrected chi connectivity index (χ4v) is 1.68. The zero-order valence-corrected chi connectivity index (χ0v) is 11.1. The fraction of sp³-hybridized carbons (Fsp3) is 0.533. The van der Waals surface area contributed by atoms with E-state index in [1.807, 2.05) is 32.0 Å². The van der Waals surface area contributed by atoms with Gasteiger partial charge in [-0.25, -0.2) is 0 Å². The molecular weight excluding hydrogens is 212 g/mol. The van der Waals surface area contributed by atoms with E-state index >= 15 is 0 Å². The Bertz CT molecular complexity index is 369. The number of carbonyl (C=O) groups excluding carboxylic acids is 1. The summed E-state index contributed by atoms with van der Waals surface area (Å²) in [6, 6.07) is 5.71.